The average molecular weight is 281 g/mol. The molecule has 2 aromatic rings. The third-order valence-electron chi connectivity index (χ3n) is 2.35. The Labute approximate surface area is 115 Å². The summed E-state index contributed by atoms with van der Waals surface area (Å²) in [7, 11) is 0. The average Bonchev–Trinajstić information content (AvgIpc) is 2.41. The van der Waals surface area contributed by atoms with Crippen LogP contribution in [0, 0.1) is 0 Å². The lowest BCUT2D eigenvalue weighted by atomic mass is 10.1. The number of benzene rings is 2. The fourth-order valence-corrected chi connectivity index (χ4v) is 1.71. The Morgan fingerprint density at radius 3 is 1.94 bits per heavy atom. The summed E-state index contributed by atoms with van der Waals surface area (Å²) in [6, 6.07) is 13.9. The van der Waals surface area contributed by atoms with E-state index in [2.05, 4.69) is 0 Å². The van der Waals surface area contributed by atoms with Crippen LogP contribution in [0.3, 0.4) is 0 Å². The summed E-state index contributed by atoms with van der Waals surface area (Å²) in [6.45, 7) is 0. The number of carbonyl (C=O) groups excluding carboxylic acids is 1. The summed E-state index contributed by atoms with van der Waals surface area (Å²) in [5, 5.41) is 0.658. The molecule has 0 radical (unpaired) electrons. The number of carbonyl (C=O) groups is 1. The first kappa shape index (κ1) is 12.9. The molecule has 2 nitrogen and oxygen atoms in total. The molecule has 0 aliphatic heterocycles. The Balaban J connectivity index is 2.10. The molecule has 0 unspecified atom stereocenters. The van der Waals surface area contributed by atoms with Crippen LogP contribution in [0.15, 0.2) is 48.5 Å². The molecular weight excluding hydrogens is 271 g/mol. The third-order valence-corrected chi connectivity index (χ3v) is 2.84. The summed E-state index contributed by atoms with van der Waals surface area (Å²) >= 11 is 11.3. The van der Waals surface area contributed by atoms with E-state index in [4.69, 9.17) is 27.9 Å². The molecule has 0 bridgehead atoms. The van der Waals surface area contributed by atoms with Crippen molar-refractivity contribution in [3.63, 3.8) is 0 Å². The molecule has 0 fully saturated rings. The summed E-state index contributed by atoms with van der Waals surface area (Å²) in [5.74, 6) is 1.23. The highest BCUT2D eigenvalue weighted by Crippen LogP contribution is 2.23. The topological polar surface area (TPSA) is 26.3 Å². The SMILES string of the molecule is O=C(CCl)c1ccc(Oc2ccc(Cl)cc2)cc1. The van der Waals surface area contributed by atoms with Crippen molar-refractivity contribution in [1.82, 2.24) is 0 Å². The van der Waals surface area contributed by atoms with Crippen LogP contribution in [0.1, 0.15) is 10.4 Å². The molecule has 0 heterocycles. The smallest absolute Gasteiger partial charge is 0.177 e. The molecule has 0 aliphatic carbocycles. The first-order valence-corrected chi connectivity index (χ1v) is 6.23. The first-order valence-electron chi connectivity index (χ1n) is 5.31. The Hall–Kier alpha value is -1.51. The Bertz CT molecular complexity index is 533. The number of alkyl halides is 1. The lowest BCUT2D eigenvalue weighted by Gasteiger charge is -2.06. The van der Waals surface area contributed by atoms with Gasteiger partial charge in [0.15, 0.2) is 5.78 Å². The van der Waals surface area contributed by atoms with Crippen molar-refractivity contribution < 1.29 is 9.53 Å². The van der Waals surface area contributed by atoms with Gasteiger partial charge in [0.1, 0.15) is 11.5 Å². The molecule has 2 aromatic carbocycles. The van der Waals surface area contributed by atoms with Gasteiger partial charge in [0, 0.05) is 10.6 Å². The molecule has 0 amide bonds. The van der Waals surface area contributed by atoms with Crippen LogP contribution in [0.2, 0.25) is 5.02 Å². The fourth-order valence-electron chi connectivity index (χ4n) is 1.42. The summed E-state index contributed by atoms with van der Waals surface area (Å²) in [6.07, 6.45) is 0. The molecule has 18 heavy (non-hydrogen) atoms. The van der Waals surface area contributed by atoms with Gasteiger partial charge >= 0.3 is 0 Å². The highest BCUT2D eigenvalue weighted by Gasteiger charge is 2.04. The summed E-state index contributed by atoms with van der Waals surface area (Å²) < 4.78 is 5.60. The van der Waals surface area contributed by atoms with E-state index in [-0.39, 0.29) is 11.7 Å². The van der Waals surface area contributed by atoms with Crippen molar-refractivity contribution in [1.29, 1.82) is 0 Å². The second kappa shape index (κ2) is 5.89. The van der Waals surface area contributed by atoms with Gasteiger partial charge in [-0.15, -0.1) is 11.6 Å². The normalized spacial score (nSPS) is 10.1. The first-order chi connectivity index (χ1) is 8.69. The maximum absolute atomic E-state index is 11.3. The zero-order chi connectivity index (χ0) is 13.0. The number of ketones is 1. The lowest BCUT2D eigenvalue weighted by Crippen LogP contribution is -1.99. The van der Waals surface area contributed by atoms with Gasteiger partial charge in [0.25, 0.3) is 0 Å². The van der Waals surface area contributed by atoms with Crippen LogP contribution in [0.4, 0.5) is 0 Å². The van der Waals surface area contributed by atoms with E-state index in [1.165, 1.54) is 0 Å². The minimum atomic E-state index is -0.102. The molecule has 2 rings (SSSR count). The van der Waals surface area contributed by atoms with Crippen LogP contribution in [-0.2, 0) is 0 Å². The van der Waals surface area contributed by atoms with E-state index in [1.807, 2.05) is 0 Å². The number of hydrogen-bond acceptors (Lipinski definition) is 2. The quantitative estimate of drug-likeness (QED) is 0.607. The molecule has 0 aromatic heterocycles. The zero-order valence-electron chi connectivity index (χ0n) is 9.40. The van der Waals surface area contributed by atoms with Crippen LogP contribution in [0.25, 0.3) is 0 Å². The van der Waals surface area contributed by atoms with Crippen molar-refractivity contribution >= 4 is 29.0 Å². The molecule has 0 aliphatic rings. The lowest BCUT2D eigenvalue weighted by molar-refractivity contribution is 0.102. The van der Waals surface area contributed by atoms with Gasteiger partial charge < -0.3 is 4.74 Å². The largest absolute Gasteiger partial charge is 0.457 e. The number of hydrogen-bond donors (Lipinski definition) is 0. The van der Waals surface area contributed by atoms with Gasteiger partial charge in [-0.25, -0.2) is 0 Å². The predicted octanol–water partition coefficient (Wildman–Crippen LogP) is 4.55. The Morgan fingerprint density at radius 2 is 1.44 bits per heavy atom. The second-order valence-electron chi connectivity index (χ2n) is 3.64. The van der Waals surface area contributed by atoms with E-state index in [1.54, 1.807) is 48.5 Å². The zero-order valence-corrected chi connectivity index (χ0v) is 10.9. The highest BCUT2D eigenvalue weighted by molar-refractivity contribution is 6.30. The van der Waals surface area contributed by atoms with Crippen LogP contribution in [-0.4, -0.2) is 11.7 Å². The summed E-state index contributed by atoms with van der Waals surface area (Å²) in [5.41, 5.74) is 0.577. The Kier molecular flexibility index (Phi) is 4.24. The summed E-state index contributed by atoms with van der Waals surface area (Å²) in [4.78, 5) is 11.3. The van der Waals surface area contributed by atoms with Crippen molar-refractivity contribution in [2.45, 2.75) is 0 Å². The van der Waals surface area contributed by atoms with Crippen LogP contribution >= 0.6 is 23.2 Å². The standard InChI is InChI=1S/C14H10Cl2O2/c15-9-14(17)10-1-5-12(6-2-10)18-13-7-3-11(16)4-8-13/h1-8H,9H2. The van der Waals surface area contributed by atoms with E-state index >= 15 is 0 Å². The molecular formula is C14H10Cl2O2. The van der Waals surface area contributed by atoms with Crippen LogP contribution in [0.5, 0.6) is 11.5 Å². The van der Waals surface area contributed by atoms with Gasteiger partial charge in [0.2, 0.25) is 0 Å². The Morgan fingerprint density at radius 1 is 0.944 bits per heavy atom. The molecule has 0 saturated carbocycles. The van der Waals surface area contributed by atoms with Crippen molar-refractivity contribution in [3.8, 4) is 11.5 Å². The van der Waals surface area contributed by atoms with Crippen molar-refractivity contribution in [2.75, 3.05) is 5.88 Å². The number of ether oxygens (including phenoxy) is 1. The molecule has 0 atom stereocenters. The van der Waals surface area contributed by atoms with Gasteiger partial charge in [-0.1, -0.05) is 11.6 Å². The second-order valence-corrected chi connectivity index (χ2v) is 4.34. The minimum Gasteiger partial charge on any atom is -0.457 e. The molecule has 0 saturated heterocycles. The molecule has 4 heteroatoms. The maximum Gasteiger partial charge on any atom is 0.177 e. The van der Waals surface area contributed by atoms with Gasteiger partial charge in [-0.2, -0.15) is 0 Å². The molecule has 0 spiro atoms. The van der Waals surface area contributed by atoms with E-state index in [0.29, 0.717) is 22.1 Å². The number of halogens is 2. The fraction of sp³-hybridized carbons (Fsp3) is 0.0714. The number of Topliss-reactive ketones (excluding diaryl/α,β-unsaturated/α-hetero) is 1. The minimum absolute atomic E-state index is 0.0165. The van der Waals surface area contributed by atoms with Crippen molar-refractivity contribution in [2.24, 2.45) is 0 Å². The van der Waals surface area contributed by atoms with E-state index in [0.717, 1.165) is 0 Å². The van der Waals surface area contributed by atoms with Crippen LogP contribution < -0.4 is 4.74 Å². The molecule has 92 valence electrons. The van der Waals surface area contributed by atoms with Gasteiger partial charge in [-0.05, 0) is 48.5 Å². The van der Waals surface area contributed by atoms with Gasteiger partial charge in [-0.3, -0.25) is 4.79 Å². The van der Waals surface area contributed by atoms with E-state index < -0.39 is 0 Å². The highest BCUT2D eigenvalue weighted by atomic mass is 35.5. The van der Waals surface area contributed by atoms with Gasteiger partial charge in [0.05, 0.1) is 5.88 Å². The monoisotopic (exact) mass is 280 g/mol. The maximum atomic E-state index is 11.3. The van der Waals surface area contributed by atoms with Crippen molar-refractivity contribution in [3.05, 3.63) is 59.1 Å². The predicted molar refractivity (Wildman–Crippen MR) is 73.0 cm³/mol. The number of rotatable bonds is 4. The molecule has 0 N–H and O–H groups in total. The third kappa shape index (κ3) is 3.25. The van der Waals surface area contributed by atoms with E-state index in [9.17, 15) is 4.79 Å².